The van der Waals surface area contributed by atoms with Gasteiger partial charge in [-0.15, -0.1) is 0 Å². The van der Waals surface area contributed by atoms with E-state index < -0.39 is 5.67 Å². The number of piperidine rings is 1. The zero-order chi connectivity index (χ0) is 9.69. The zero-order valence-corrected chi connectivity index (χ0v) is 8.94. The molecule has 0 aromatic rings. The van der Waals surface area contributed by atoms with Crippen molar-refractivity contribution in [3.05, 3.63) is 0 Å². The first kappa shape index (κ1) is 9.45. The standard InChI is InChI=1S/C11H20FN/c1-10(2,3)13-7-6-11(12)5-4-9(11)8-13/h9H,4-8H2,1-3H3. The molecule has 1 nitrogen and oxygen atoms in total. The van der Waals surface area contributed by atoms with Crippen LogP contribution < -0.4 is 0 Å². The lowest BCUT2D eigenvalue weighted by atomic mass is 9.66. The number of nitrogens with zero attached hydrogens (tertiary/aromatic N) is 1. The normalized spacial score (nSPS) is 41.1. The summed E-state index contributed by atoms with van der Waals surface area (Å²) in [6, 6.07) is 0. The molecular weight excluding hydrogens is 165 g/mol. The average Bonchev–Trinajstić information content (AvgIpc) is 1.97. The molecule has 1 saturated carbocycles. The summed E-state index contributed by atoms with van der Waals surface area (Å²) in [4.78, 5) is 2.43. The fraction of sp³-hybridized carbons (Fsp3) is 1.00. The molecule has 0 amide bonds. The van der Waals surface area contributed by atoms with Gasteiger partial charge in [-0.05, 0) is 40.0 Å². The maximum Gasteiger partial charge on any atom is 0.116 e. The summed E-state index contributed by atoms with van der Waals surface area (Å²) in [5, 5.41) is 0. The molecule has 2 unspecified atom stereocenters. The highest BCUT2D eigenvalue weighted by atomic mass is 19.1. The summed E-state index contributed by atoms with van der Waals surface area (Å²) in [6.07, 6.45) is 2.67. The van der Waals surface area contributed by atoms with Gasteiger partial charge in [-0.3, -0.25) is 4.90 Å². The van der Waals surface area contributed by atoms with Crippen molar-refractivity contribution in [1.29, 1.82) is 0 Å². The van der Waals surface area contributed by atoms with E-state index >= 15 is 0 Å². The van der Waals surface area contributed by atoms with Gasteiger partial charge in [0.25, 0.3) is 0 Å². The van der Waals surface area contributed by atoms with E-state index in [0.717, 1.165) is 32.4 Å². The lowest BCUT2D eigenvalue weighted by molar-refractivity contribution is -0.0952. The number of halogens is 1. The molecular formula is C11H20FN. The smallest absolute Gasteiger partial charge is 0.116 e. The van der Waals surface area contributed by atoms with Gasteiger partial charge in [0.15, 0.2) is 0 Å². The zero-order valence-electron chi connectivity index (χ0n) is 8.94. The molecule has 0 aromatic carbocycles. The van der Waals surface area contributed by atoms with E-state index in [0.29, 0.717) is 5.92 Å². The van der Waals surface area contributed by atoms with Crippen LogP contribution in [0.25, 0.3) is 0 Å². The van der Waals surface area contributed by atoms with Crippen molar-refractivity contribution in [2.75, 3.05) is 13.1 Å². The van der Waals surface area contributed by atoms with Gasteiger partial charge in [0, 0.05) is 24.5 Å². The first-order valence-electron chi connectivity index (χ1n) is 5.36. The number of fused-ring (bicyclic) bond motifs is 1. The fourth-order valence-electron chi connectivity index (χ4n) is 2.53. The molecule has 0 N–H and O–H groups in total. The second-order valence-corrected chi connectivity index (χ2v) is 5.64. The van der Waals surface area contributed by atoms with Crippen molar-refractivity contribution in [1.82, 2.24) is 4.90 Å². The molecule has 0 radical (unpaired) electrons. The van der Waals surface area contributed by atoms with E-state index in [4.69, 9.17) is 0 Å². The molecule has 2 fully saturated rings. The SMILES string of the molecule is CC(C)(C)N1CCC2(F)CCC2C1. The highest BCUT2D eigenvalue weighted by Gasteiger charge is 2.51. The van der Waals surface area contributed by atoms with Crippen molar-refractivity contribution in [3.63, 3.8) is 0 Å². The third kappa shape index (κ3) is 1.50. The van der Waals surface area contributed by atoms with Crippen molar-refractivity contribution >= 4 is 0 Å². The molecule has 2 aliphatic rings. The predicted molar refractivity (Wildman–Crippen MR) is 52.5 cm³/mol. The topological polar surface area (TPSA) is 3.24 Å². The molecule has 2 rings (SSSR count). The van der Waals surface area contributed by atoms with E-state index in [1.54, 1.807) is 0 Å². The van der Waals surface area contributed by atoms with E-state index in [2.05, 4.69) is 25.7 Å². The number of hydrogen-bond donors (Lipinski definition) is 0. The third-order valence-electron chi connectivity index (χ3n) is 3.83. The van der Waals surface area contributed by atoms with Crippen LogP contribution in [-0.2, 0) is 0 Å². The minimum atomic E-state index is -0.776. The van der Waals surface area contributed by atoms with Gasteiger partial charge >= 0.3 is 0 Å². The van der Waals surface area contributed by atoms with E-state index in [9.17, 15) is 4.39 Å². The van der Waals surface area contributed by atoms with Crippen LogP contribution in [0, 0.1) is 5.92 Å². The molecule has 0 spiro atoms. The van der Waals surface area contributed by atoms with Gasteiger partial charge in [0.2, 0.25) is 0 Å². The van der Waals surface area contributed by atoms with Crippen LogP contribution in [0.5, 0.6) is 0 Å². The molecule has 1 aliphatic carbocycles. The van der Waals surface area contributed by atoms with Gasteiger partial charge in [-0.25, -0.2) is 4.39 Å². The molecule has 13 heavy (non-hydrogen) atoms. The van der Waals surface area contributed by atoms with Crippen molar-refractivity contribution in [2.24, 2.45) is 5.92 Å². The summed E-state index contributed by atoms with van der Waals surface area (Å²) in [5.41, 5.74) is -0.557. The van der Waals surface area contributed by atoms with Gasteiger partial charge in [0.1, 0.15) is 5.67 Å². The Hall–Kier alpha value is -0.110. The van der Waals surface area contributed by atoms with Crippen LogP contribution in [-0.4, -0.2) is 29.2 Å². The van der Waals surface area contributed by atoms with Crippen LogP contribution >= 0.6 is 0 Å². The molecule has 1 heterocycles. The number of rotatable bonds is 0. The summed E-state index contributed by atoms with van der Waals surface area (Å²) in [6.45, 7) is 8.57. The van der Waals surface area contributed by atoms with Gasteiger partial charge in [-0.2, -0.15) is 0 Å². The van der Waals surface area contributed by atoms with Crippen LogP contribution in [0.3, 0.4) is 0 Å². The minimum absolute atomic E-state index is 0.219. The largest absolute Gasteiger partial charge is 0.298 e. The Morgan fingerprint density at radius 1 is 1.31 bits per heavy atom. The highest BCUT2D eigenvalue weighted by molar-refractivity contribution is 5.03. The fourth-order valence-corrected chi connectivity index (χ4v) is 2.53. The second-order valence-electron chi connectivity index (χ2n) is 5.64. The highest BCUT2D eigenvalue weighted by Crippen LogP contribution is 2.48. The summed E-state index contributed by atoms with van der Waals surface area (Å²) < 4.78 is 13.9. The third-order valence-corrected chi connectivity index (χ3v) is 3.83. The number of alkyl halides is 1. The van der Waals surface area contributed by atoms with Crippen LogP contribution in [0.1, 0.15) is 40.0 Å². The Bertz CT molecular complexity index is 209. The molecule has 1 saturated heterocycles. The van der Waals surface area contributed by atoms with Crippen molar-refractivity contribution in [3.8, 4) is 0 Å². The van der Waals surface area contributed by atoms with Crippen LogP contribution in [0.15, 0.2) is 0 Å². The lowest BCUT2D eigenvalue weighted by Crippen LogP contribution is -2.59. The Morgan fingerprint density at radius 2 is 2.00 bits per heavy atom. The minimum Gasteiger partial charge on any atom is -0.298 e. The Balaban J connectivity index is 2.00. The molecule has 2 heteroatoms. The molecule has 76 valence electrons. The predicted octanol–water partition coefficient (Wildman–Crippen LogP) is 2.61. The van der Waals surface area contributed by atoms with Gasteiger partial charge < -0.3 is 0 Å². The monoisotopic (exact) mass is 185 g/mol. The van der Waals surface area contributed by atoms with Crippen molar-refractivity contribution < 1.29 is 4.39 Å². The molecule has 0 aromatic heterocycles. The maximum absolute atomic E-state index is 13.9. The van der Waals surface area contributed by atoms with Crippen molar-refractivity contribution in [2.45, 2.75) is 51.2 Å². The Labute approximate surface area is 80.3 Å². The molecule has 2 atom stereocenters. The Morgan fingerprint density at radius 3 is 2.38 bits per heavy atom. The van der Waals surface area contributed by atoms with Gasteiger partial charge in [-0.1, -0.05) is 0 Å². The summed E-state index contributed by atoms with van der Waals surface area (Å²) in [5.74, 6) is 0.334. The average molecular weight is 185 g/mol. The first-order chi connectivity index (χ1) is 5.92. The lowest BCUT2D eigenvalue weighted by Gasteiger charge is -2.53. The first-order valence-corrected chi connectivity index (χ1v) is 5.36. The maximum atomic E-state index is 13.9. The summed E-state index contributed by atoms with van der Waals surface area (Å²) in [7, 11) is 0. The quantitative estimate of drug-likeness (QED) is 0.560. The van der Waals surface area contributed by atoms with E-state index in [1.807, 2.05) is 0 Å². The number of hydrogen-bond acceptors (Lipinski definition) is 1. The number of likely N-dealkylation sites (tertiary alicyclic amines) is 1. The molecule has 1 aliphatic heterocycles. The van der Waals surface area contributed by atoms with E-state index in [-0.39, 0.29) is 5.54 Å². The van der Waals surface area contributed by atoms with Gasteiger partial charge in [0.05, 0.1) is 0 Å². The summed E-state index contributed by atoms with van der Waals surface area (Å²) >= 11 is 0. The van der Waals surface area contributed by atoms with Crippen LogP contribution in [0.4, 0.5) is 4.39 Å². The van der Waals surface area contributed by atoms with E-state index in [1.165, 1.54) is 0 Å². The Kier molecular flexibility index (Phi) is 1.96. The molecule has 0 bridgehead atoms. The van der Waals surface area contributed by atoms with Crippen LogP contribution in [0.2, 0.25) is 0 Å². The second kappa shape index (κ2) is 2.69.